The average Bonchev–Trinajstić information content (AvgIpc) is 2.68. The first-order valence-corrected chi connectivity index (χ1v) is 7.43. The first kappa shape index (κ1) is 13.8. The molecule has 0 saturated heterocycles. The zero-order chi connectivity index (χ0) is 14.4. The van der Waals surface area contributed by atoms with Crippen LogP contribution in [-0.4, -0.2) is 11.8 Å². The Morgan fingerprint density at radius 3 is 2.20 bits per heavy atom. The second-order valence-electron chi connectivity index (χ2n) is 4.83. The van der Waals surface area contributed by atoms with Gasteiger partial charge in [0, 0.05) is 15.6 Å². The summed E-state index contributed by atoms with van der Waals surface area (Å²) in [7, 11) is 0. The van der Waals surface area contributed by atoms with Gasteiger partial charge in [-0.1, -0.05) is 11.6 Å². The number of rotatable bonds is 1. The van der Waals surface area contributed by atoms with Crippen LogP contribution < -0.4 is 4.90 Å². The van der Waals surface area contributed by atoms with Crippen molar-refractivity contribution < 1.29 is 14.0 Å². The van der Waals surface area contributed by atoms with E-state index in [0.29, 0.717) is 28.5 Å². The van der Waals surface area contributed by atoms with Crippen LogP contribution in [0.25, 0.3) is 0 Å². The Bertz CT molecular complexity index is 643. The molecule has 0 atom stereocenters. The summed E-state index contributed by atoms with van der Waals surface area (Å²) in [6.07, 6.45) is 2.95. The number of halogens is 3. The number of carbonyl (C=O) groups is 2. The number of imide groups is 1. The number of carbonyl (C=O) groups excluding carboxylic acids is 2. The predicted octanol–water partition coefficient (Wildman–Crippen LogP) is 3.99. The highest BCUT2D eigenvalue weighted by atomic mass is 79.9. The SMILES string of the molecule is O=C1C2=C(CCCC2)C(=O)N1c1cc(Br)c(Cl)cc1F. The van der Waals surface area contributed by atoms with Gasteiger partial charge in [0.15, 0.2) is 0 Å². The fourth-order valence-electron chi connectivity index (χ4n) is 2.64. The van der Waals surface area contributed by atoms with Gasteiger partial charge in [0.2, 0.25) is 0 Å². The van der Waals surface area contributed by atoms with Crippen LogP contribution in [-0.2, 0) is 9.59 Å². The Hall–Kier alpha value is -1.20. The number of nitrogens with zero attached hydrogens (tertiary/aromatic N) is 1. The molecule has 1 aromatic rings. The summed E-state index contributed by atoms with van der Waals surface area (Å²) in [5, 5.41) is 0.197. The molecule has 1 heterocycles. The van der Waals surface area contributed by atoms with Crippen LogP contribution in [0.3, 0.4) is 0 Å². The fourth-order valence-corrected chi connectivity index (χ4v) is 3.12. The second-order valence-corrected chi connectivity index (χ2v) is 6.09. The van der Waals surface area contributed by atoms with Gasteiger partial charge in [0.1, 0.15) is 5.82 Å². The minimum atomic E-state index is -0.681. The zero-order valence-corrected chi connectivity index (χ0v) is 12.7. The number of benzene rings is 1. The van der Waals surface area contributed by atoms with Crippen LogP contribution in [0.5, 0.6) is 0 Å². The van der Waals surface area contributed by atoms with Gasteiger partial charge in [-0.2, -0.15) is 0 Å². The highest BCUT2D eigenvalue weighted by Gasteiger charge is 2.40. The van der Waals surface area contributed by atoms with E-state index in [1.54, 1.807) is 0 Å². The van der Waals surface area contributed by atoms with Crippen molar-refractivity contribution in [3.63, 3.8) is 0 Å². The minimum absolute atomic E-state index is 0.0503. The van der Waals surface area contributed by atoms with Crippen molar-refractivity contribution in [2.45, 2.75) is 25.7 Å². The predicted molar refractivity (Wildman–Crippen MR) is 77.1 cm³/mol. The number of hydrogen-bond acceptors (Lipinski definition) is 2. The fraction of sp³-hybridized carbons (Fsp3) is 0.286. The largest absolute Gasteiger partial charge is 0.269 e. The van der Waals surface area contributed by atoms with Crippen molar-refractivity contribution in [2.75, 3.05) is 4.90 Å². The van der Waals surface area contributed by atoms with Crippen molar-refractivity contribution in [3.8, 4) is 0 Å². The lowest BCUT2D eigenvalue weighted by molar-refractivity contribution is -0.120. The third kappa shape index (κ3) is 2.00. The van der Waals surface area contributed by atoms with E-state index in [0.717, 1.165) is 23.8 Å². The second kappa shape index (κ2) is 4.97. The van der Waals surface area contributed by atoms with Gasteiger partial charge >= 0.3 is 0 Å². The van der Waals surface area contributed by atoms with E-state index in [9.17, 15) is 14.0 Å². The van der Waals surface area contributed by atoms with Gasteiger partial charge in [0.25, 0.3) is 11.8 Å². The Morgan fingerprint density at radius 1 is 1.10 bits per heavy atom. The van der Waals surface area contributed by atoms with Gasteiger partial charge in [-0.25, -0.2) is 9.29 Å². The standard InChI is InChI=1S/C14H10BrClFNO2/c15-9-5-12(11(17)6-10(9)16)18-13(19)7-3-1-2-4-8(7)14(18)20/h5-6H,1-4H2. The Morgan fingerprint density at radius 2 is 1.65 bits per heavy atom. The summed E-state index contributed by atoms with van der Waals surface area (Å²) < 4.78 is 14.5. The van der Waals surface area contributed by atoms with Crippen molar-refractivity contribution in [3.05, 3.63) is 38.6 Å². The molecule has 2 aliphatic rings. The highest BCUT2D eigenvalue weighted by Crippen LogP contribution is 2.38. The summed E-state index contributed by atoms with van der Waals surface area (Å²) in [5.74, 6) is -1.49. The van der Waals surface area contributed by atoms with Crippen molar-refractivity contribution in [1.82, 2.24) is 0 Å². The molecular formula is C14H10BrClFNO2. The summed E-state index contributed by atoms with van der Waals surface area (Å²) in [4.78, 5) is 25.6. The third-order valence-corrected chi connectivity index (χ3v) is 4.82. The van der Waals surface area contributed by atoms with E-state index in [4.69, 9.17) is 11.6 Å². The molecule has 6 heteroatoms. The number of amides is 2. The van der Waals surface area contributed by atoms with Gasteiger partial charge < -0.3 is 0 Å². The number of hydrogen-bond donors (Lipinski definition) is 0. The van der Waals surface area contributed by atoms with Crippen molar-refractivity contribution in [2.24, 2.45) is 0 Å². The van der Waals surface area contributed by atoms with Crippen LogP contribution in [0, 0.1) is 5.82 Å². The first-order valence-electron chi connectivity index (χ1n) is 6.26. The monoisotopic (exact) mass is 357 g/mol. The first-order chi connectivity index (χ1) is 9.50. The van der Waals surface area contributed by atoms with E-state index in [1.807, 2.05) is 0 Å². The summed E-state index contributed by atoms with van der Waals surface area (Å²) in [6.45, 7) is 0. The molecular weight excluding hydrogens is 349 g/mol. The van der Waals surface area contributed by atoms with Gasteiger partial charge in [-0.15, -0.1) is 0 Å². The molecule has 0 aromatic heterocycles. The topological polar surface area (TPSA) is 37.4 Å². The molecule has 0 spiro atoms. The third-order valence-electron chi connectivity index (χ3n) is 3.62. The van der Waals surface area contributed by atoms with Crippen LogP contribution in [0.4, 0.5) is 10.1 Å². The van der Waals surface area contributed by atoms with Crippen LogP contribution in [0.1, 0.15) is 25.7 Å². The molecule has 2 amide bonds. The lowest BCUT2D eigenvalue weighted by Gasteiger charge is -2.16. The number of anilines is 1. The minimum Gasteiger partial charge on any atom is -0.269 e. The van der Waals surface area contributed by atoms with E-state index >= 15 is 0 Å². The molecule has 3 nitrogen and oxygen atoms in total. The Balaban J connectivity index is 2.07. The van der Waals surface area contributed by atoms with Gasteiger partial charge in [-0.05, 0) is 53.7 Å². The van der Waals surface area contributed by atoms with E-state index in [2.05, 4.69) is 15.9 Å². The molecule has 1 aliphatic carbocycles. The lowest BCUT2D eigenvalue weighted by atomic mass is 9.93. The maximum atomic E-state index is 14.0. The molecule has 1 aromatic carbocycles. The maximum Gasteiger partial charge on any atom is 0.261 e. The molecule has 3 rings (SSSR count). The molecule has 0 saturated carbocycles. The lowest BCUT2D eigenvalue weighted by Crippen LogP contribution is -2.32. The smallest absolute Gasteiger partial charge is 0.261 e. The zero-order valence-electron chi connectivity index (χ0n) is 10.4. The van der Waals surface area contributed by atoms with E-state index < -0.39 is 17.6 Å². The normalized spacial score (nSPS) is 18.9. The Kier molecular flexibility index (Phi) is 3.42. The summed E-state index contributed by atoms with van der Waals surface area (Å²) >= 11 is 8.98. The molecule has 0 fully saturated rings. The summed E-state index contributed by atoms with van der Waals surface area (Å²) in [5.41, 5.74) is 1.02. The van der Waals surface area contributed by atoms with E-state index in [-0.39, 0.29) is 10.7 Å². The molecule has 0 N–H and O–H groups in total. The van der Waals surface area contributed by atoms with Gasteiger partial charge in [0.05, 0.1) is 10.7 Å². The molecule has 0 radical (unpaired) electrons. The summed E-state index contributed by atoms with van der Waals surface area (Å²) in [6, 6.07) is 2.46. The van der Waals surface area contributed by atoms with E-state index in [1.165, 1.54) is 6.07 Å². The maximum absolute atomic E-state index is 14.0. The van der Waals surface area contributed by atoms with Crippen LogP contribution in [0.15, 0.2) is 27.8 Å². The Labute approximate surface area is 128 Å². The average molecular weight is 359 g/mol. The van der Waals surface area contributed by atoms with Crippen LogP contribution >= 0.6 is 27.5 Å². The molecule has 1 aliphatic heterocycles. The van der Waals surface area contributed by atoms with Crippen molar-refractivity contribution in [1.29, 1.82) is 0 Å². The van der Waals surface area contributed by atoms with Crippen LogP contribution in [0.2, 0.25) is 5.02 Å². The molecule has 0 unspecified atom stereocenters. The highest BCUT2D eigenvalue weighted by molar-refractivity contribution is 9.10. The quantitative estimate of drug-likeness (QED) is 0.562. The molecule has 0 bridgehead atoms. The van der Waals surface area contributed by atoms with Gasteiger partial charge in [-0.3, -0.25) is 9.59 Å². The van der Waals surface area contributed by atoms with Crippen molar-refractivity contribution >= 4 is 45.0 Å². The molecule has 104 valence electrons. The molecule has 20 heavy (non-hydrogen) atoms.